The van der Waals surface area contributed by atoms with Gasteiger partial charge in [0.1, 0.15) is 11.6 Å². The molecule has 0 saturated heterocycles. The Balaban J connectivity index is 1.57. The Morgan fingerprint density at radius 2 is 1.50 bits per heavy atom. The molecular weight excluding hydrogens is 296 g/mol. The molecule has 4 nitrogen and oxygen atoms in total. The van der Waals surface area contributed by atoms with Gasteiger partial charge in [-0.3, -0.25) is 0 Å². The summed E-state index contributed by atoms with van der Waals surface area (Å²) in [5.74, 6) is 2.80. The van der Waals surface area contributed by atoms with Gasteiger partial charge in [-0.05, 0) is 37.1 Å². The number of hydrogen-bond donors (Lipinski definition) is 2. The van der Waals surface area contributed by atoms with Crippen molar-refractivity contribution in [2.24, 2.45) is 0 Å². The van der Waals surface area contributed by atoms with Crippen molar-refractivity contribution in [3.8, 4) is 0 Å². The summed E-state index contributed by atoms with van der Waals surface area (Å²) < 4.78 is 0. The van der Waals surface area contributed by atoms with Crippen molar-refractivity contribution in [3.63, 3.8) is 0 Å². The van der Waals surface area contributed by atoms with Gasteiger partial charge in [0.15, 0.2) is 0 Å². The summed E-state index contributed by atoms with van der Waals surface area (Å²) in [6.07, 6.45) is 0.999. The second kappa shape index (κ2) is 5.78. The summed E-state index contributed by atoms with van der Waals surface area (Å²) in [6, 6.07) is 14.5. The van der Waals surface area contributed by atoms with Crippen LogP contribution in [0.3, 0.4) is 0 Å². The van der Waals surface area contributed by atoms with Gasteiger partial charge in [-0.2, -0.15) is 0 Å². The third kappa shape index (κ3) is 2.58. The van der Waals surface area contributed by atoms with Crippen molar-refractivity contribution in [2.75, 3.05) is 0 Å². The minimum Gasteiger partial charge on any atom is -0.342 e. The Morgan fingerprint density at radius 3 is 2.25 bits per heavy atom. The molecule has 24 heavy (non-hydrogen) atoms. The number of H-pyrrole nitrogens is 2. The smallest absolute Gasteiger partial charge is 0.110 e. The SMILES string of the molecule is Cc1cccc2[nH]c(C(C)CC(C)c3nc4ccccc4[nH]3)nc12. The van der Waals surface area contributed by atoms with Crippen LogP contribution in [0, 0.1) is 6.92 Å². The Morgan fingerprint density at radius 1 is 0.833 bits per heavy atom. The fourth-order valence-corrected chi connectivity index (χ4v) is 3.39. The Bertz CT molecular complexity index is 962. The highest BCUT2D eigenvalue weighted by atomic mass is 14.9. The first kappa shape index (κ1) is 14.9. The van der Waals surface area contributed by atoms with Crippen molar-refractivity contribution in [3.05, 3.63) is 59.7 Å². The Kier molecular flexibility index (Phi) is 3.60. The fraction of sp³-hybridized carbons (Fsp3) is 0.300. The van der Waals surface area contributed by atoms with E-state index in [0.29, 0.717) is 11.8 Å². The fourth-order valence-electron chi connectivity index (χ4n) is 3.39. The van der Waals surface area contributed by atoms with Crippen molar-refractivity contribution >= 4 is 22.1 Å². The highest BCUT2D eigenvalue weighted by Crippen LogP contribution is 2.29. The third-order valence-electron chi connectivity index (χ3n) is 4.78. The van der Waals surface area contributed by atoms with Gasteiger partial charge in [0.05, 0.1) is 22.1 Å². The van der Waals surface area contributed by atoms with Gasteiger partial charge in [-0.15, -0.1) is 0 Å². The lowest BCUT2D eigenvalue weighted by Crippen LogP contribution is -2.04. The molecule has 0 radical (unpaired) electrons. The van der Waals surface area contributed by atoms with Crippen molar-refractivity contribution in [1.29, 1.82) is 0 Å². The highest BCUT2D eigenvalue weighted by molar-refractivity contribution is 5.78. The molecule has 0 bridgehead atoms. The molecule has 0 aliphatic carbocycles. The van der Waals surface area contributed by atoms with Crippen LogP contribution in [0.4, 0.5) is 0 Å². The lowest BCUT2D eigenvalue weighted by atomic mass is 9.96. The number of imidazole rings is 2. The zero-order valence-corrected chi connectivity index (χ0v) is 14.3. The van der Waals surface area contributed by atoms with Crippen molar-refractivity contribution < 1.29 is 0 Å². The molecule has 0 aliphatic rings. The molecule has 2 heterocycles. The van der Waals surface area contributed by atoms with E-state index in [2.05, 4.69) is 55.0 Å². The van der Waals surface area contributed by atoms with Crippen LogP contribution in [0.25, 0.3) is 22.1 Å². The zero-order valence-electron chi connectivity index (χ0n) is 14.3. The maximum absolute atomic E-state index is 4.82. The normalized spacial score (nSPS) is 14.3. The minimum atomic E-state index is 0.347. The lowest BCUT2D eigenvalue weighted by molar-refractivity contribution is 0.557. The summed E-state index contributed by atoms with van der Waals surface area (Å²) in [4.78, 5) is 16.5. The van der Waals surface area contributed by atoms with Gasteiger partial charge in [-0.1, -0.05) is 38.1 Å². The minimum absolute atomic E-state index is 0.347. The average molecular weight is 318 g/mol. The van der Waals surface area contributed by atoms with E-state index in [1.165, 1.54) is 5.56 Å². The van der Waals surface area contributed by atoms with E-state index in [-0.39, 0.29) is 0 Å². The van der Waals surface area contributed by atoms with E-state index in [0.717, 1.165) is 40.1 Å². The number of nitrogens with zero attached hydrogens (tertiary/aromatic N) is 2. The number of aromatic nitrogens is 4. The maximum atomic E-state index is 4.82. The lowest BCUT2D eigenvalue weighted by Gasteiger charge is -2.13. The Labute approximate surface area is 141 Å². The van der Waals surface area contributed by atoms with Crippen LogP contribution in [0.5, 0.6) is 0 Å². The van der Waals surface area contributed by atoms with Crippen LogP contribution in [-0.2, 0) is 0 Å². The molecule has 2 unspecified atom stereocenters. The summed E-state index contributed by atoms with van der Waals surface area (Å²) in [5.41, 5.74) is 5.55. The van der Waals surface area contributed by atoms with Crippen LogP contribution in [0.15, 0.2) is 42.5 Å². The molecule has 0 fully saturated rings. The quantitative estimate of drug-likeness (QED) is 0.553. The van der Waals surface area contributed by atoms with Crippen LogP contribution in [-0.4, -0.2) is 19.9 Å². The molecule has 2 atom stereocenters. The molecule has 4 rings (SSSR count). The van der Waals surface area contributed by atoms with Gasteiger partial charge in [-0.25, -0.2) is 9.97 Å². The van der Waals surface area contributed by atoms with Crippen LogP contribution >= 0.6 is 0 Å². The third-order valence-corrected chi connectivity index (χ3v) is 4.78. The maximum Gasteiger partial charge on any atom is 0.110 e. The molecule has 2 aromatic carbocycles. The number of hydrogen-bond acceptors (Lipinski definition) is 2. The van der Waals surface area contributed by atoms with Crippen LogP contribution in [0.1, 0.15) is 49.3 Å². The number of aromatic amines is 2. The van der Waals surface area contributed by atoms with E-state index in [1.54, 1.807) is 0 Å². The molecule has 0 amide bonds. The van der Waals surface area contributed by atoms with E-state index >= 15 is 0 Å². The van der Waals surface area contributed by atoms with Gasteiger partial charge >= 0.3 is 0 Å². The molecule has 0 saturated carbocycles. The van der Waals surface area contributed by atoms with Crippen molar-refractivity contribution in [2.45, 2.75) is 39.0 Å². The first-order chi connectivity index (χ1) is 11.6. The predicted molar refractivity (Wildman–Crippen MR) is 98.4 cm³/mol. The monoisotopic (exact) mass is 318 g/mol. The largest absolute Gasteiger partial charge is 0.342 e. The van der Waals surface area contributed by atoms with E-state index < -0.39 is 0 Å². The molecule has 0 aliphatic heterocycles. The van der Waals surface area contributed by atoms with Gasteiger partial charge in [0.25, 0.3) is 0 Å². The molecule has 2 N–H and O–H groups in total. The number of para-hydroxylation sites is 3. The first-order valence-corrected chi connectivity index (χ1v) is 8.51. The van der Waals surface area contributed by atoms with Crippen LogP contribution in [0.2, 0.25) is 0 Å². The predicted octanol–water partition coefficient (Wildman–Crippen LogP) is 5.04. The summed E-state index contributed by atoms with van der Waals surface area (Å²) >= 11 is 0. The van der Waals surface area contributed by atoms with Gasteiger partial charge in [0, 0.05) is 11.8 Å². The number of nitrogens with one attached hydrogen (secondary N) is 2. The second-order valence-corrected chi connectivity index (χ2v) is 6.77. The number of rotatable bonds is 4. The Hall–Kier alpha value is -2.62. The van der Waals surface area contributed by atoms with Gasteiger partial charge < -0.3 is 9.97 Å². The van der Waals surface area contributed by atoms with Crippen molar-refractivity contribution in [1.82, 2.24) is 19.9 Å². The average Bonchev–Trinajstić information content (AvgIpc) is 3.19. The zero-order chi connectivity index (χ0) is 16.7. The molecule has 4 aromatic rings. The molecule has 2 aromatic heterocycles. The highest BCUT2D eigenvalue weighted by Gasteiger charge is 2.18. The summed E-state index contributed by atoms with van der Waals surface area (Å²) in [6.45, 7) is 6.56. The summed E-state index contributed by atoms with van der Waals surface area (Å²) in [5, 5.41) is 0. The van der Waals surface area contributed by atoms with E-state index in [9.17, 15) is 0 Å². The molecule has 122 valence electrons. The summed E-state index contributed by atoms with van der Waals surface area (Å²) in [7, 11) is 0. The van der Waals surface area contributed by atoms with E-state index in [4.69, 9.17) is 9.97 Å². The molecule has 4 heteroatoms. The van der Waals surface area contributed by atoms with Crippen LogP contribution < -0.4 is 0 Å². The molecule has 0 spiro atoms. The van der Waals surface area contributed by atoms with Gasteiger partial charge in [0.2, 0.25) is 0 Å². The standard InChI is InChI=1S/C20H22N4/c1-12-7-6-10-17-18(12)24-20(23-17)14(3)11-13(2)19-21-15-8-4-5-9-16(15)22-19/h4-10,13-14H,11H2,1-3H3,(H,21,22)(H,23,24). The number of fused-ring (bicyclic) bond motifs is 2. The first-order valence-electron chi connectivity index (χ1n) is 8.51. The second-order valence-electron chi connectivity index (χ2n) is 6.77. The topological polar surface area (TPSA) is 57.4 Å². The molecular formula is C20H22N4. The van der Waals surface area contributed by atoms with E-state index in [1.807, 2.05) is 18.2 Å². The number of benzene rings is 2. The number of aryl methyl sites for hydroxylation is 1.